The summed E-state index contributed by atoms with van der Waals surface area (Å²) in [6.45, 7) is 11.8. The average Bonchev–Trinajstić information content (AvgIpc) is 2.59. The van der Waals surface area contributed by atoms with Crippen LogP contribution in [0.15, 0.2) is 24.3 Å². The standard InChI is InChI=1S/C20H32N2O2.ClH/c1-15(2)14-24-18-9-7-17(8-10-18)20(3,4)19(23)22-13-16-6-5-11-21-12-16;/h7-10,15-16,21H,5-6,11-14H2,1-4H3,(H,22,23);1H. The predicted molar refractivity (Wildman–Crippen MR) is 106 cm³/mol. The number of benzene rings is 1. The van der Waals surface area contributed by atoms with Crippen molar-refractivity contribution in [2.75, 3.05) is 26.2 Å². The third kappa shape index (κ3) is 6.52. The number of ether oxygens (including phenoxy) is 1. The maximum Gasteiger partial charge on any atom is 0.230 e. The molecule has 0 radical (unpaired) electrons. The van der Waals surface area contributed by atoms with Crippen molar-refractivity contribution in [2.45, 2.75) is 46.0 Å². The van der Waals surface area contributed by atoms with E-state index in [0.29, 0.717) is 18.4 Å². The lowest BCUT2D eigenvalue weighted by molar-refractivity contribution is -0.125. The molecular formula is C20H33ClN2O2. The van der Waals surface area contributed by atoms with Gasteiger partial charge in [0.15, 0.2) is 0 Å². The van der Waals surface area contributed by atoms with Gasteiger partial charge in [0, 0.05) is 6.54 Å². The van der Waals surface area contributed by atoms with Crippen molar-refractivity contribution in [2.24, 2.45) is 11.8 Å². The van der Waals surface area contributed by atoms with Gasteiger partial charge in [0.2, 0.25) is 5.91 Å². The minimum atomic E-state index is -0.543. The molecule has 1 heterocycles. The third-order valence-corrected chi connectivity index (χ3v) is 4.68. The highest BCUT2D eigenvalue weighted by Crippen LogP contribution is 2.26. The van der Waals surface area contributed by atoms with Crippen LogP contribution in [0.2, 0.25) is 0 Å². The molecule has 1 aliphatic heterocycles. The second-order valence-electron chi connectivity index (χ2n) is 7.78. The molecule has 142 valence electrons. The quantitative estimate of drug-likeness (QED) is 0.774. The first-order chi connectivity index (χ1) is 11.4. The molecule has 0 spiro atoms. The highest BCUT2D eigenvalue weighted by Gasteiger charge is 2.30. The molecule has 0 aromatic heterocycles. The maximum atomic E-state index is 12.6. The zero-order valence-electron chi connectivity index (χ0n) is 15.9. The first-order valence-electron chi connectivity index (χ1n) is 9.12. The van der Waals surface area contributed by atoms with Crippen molar-refractivity contribution in [3.8, 4) is 5.75 Å². The Bertz CT molecular complexity index is 523. The van der Waals surface area contributed by atoms with E-state index >= 15 is 0 Å². The van der Waals surface area contributed by atoms with E-state index in [-0.39, 0.29) is 18.3 Å². The monoisotopic (exact) mass is 368 g/mol. The van der Waals surface area contributed by atoms with Crippen LogP contribution in [0.3, 0.4) is 0 Å². The molecule has 1 aromatic carbocycles. The molecule has 1 fully saturated rings. The Morgan fingerprint density at radius 2 is 2.00 bits per heavy atom. The van der Waals surface area contributed by atoms with Gasteiger partial charge in [0.25, 0.3) is 0 Å². The maximum absolute atomic E-state index is 12.6. The number of nitrogens with one attached hydrogen (secondary N) is 2. The molecule has 0 bridgehead atoms. The molecule has 1 saturated heterocycles. The van der Waals surface area contributed by atoms with Crippen LogP contribution in [0.25, 0.3) is 0 Å². The van der Waals surface area contributed by atoms with E-state index in [4.69, 9.17) is 4.74 Å². The summed E-state index contributed by atoms with van der Waals surface area (Å²) >= 11 is 0. The molecule has 0 saturated carbocycles. The summed E-state index contributed by atoms with van der Waals surface area (Å²) in [6.07, 6.45) is 2.39. The Labute approximate surface area is 158 Å². The fourth-order valence-electron chi connectivity index (χ4n) is 2.92. The molecule has 2 N–H and O–H groups in total. The Kier molecular flexibility index (Phi) is 8.74. The van der Waals surface area contributed by atoms with Gasteiger partial charge in [0.05, 0.1) is 12.0 Å². The zero-order chi connectivity index (χ0) is 17.6. The summed E-state index contributed by atoms with van der Waals surface area (Å²) in [5, 5.41) is 6.53. The van der Waals surface area contributed by atoms with E-state index in [0.717, 1.165) is 30.9 Å². The number of halogens is 1. The summed E-state index contributed by atoms with van der Waals surface area (Å²) in [5.74, 6) is 1.99. The normalized spacial score (nSPS) is 17.7. The van der Waals surface area contributed by atoms with E-state index in [1.165, 1.54) is 12.8 Å². The van der Waals surface area contributed by atoms with Gasteiger partial charge in [0.1, 0.15) is 5.75 Å². The first kappa shape index (κ1) is 21.8. The first-order valence-corrected chi connectivity index (χ1v) is 9.12. The highest BCUT2D eigenvalue weighted by atomic mass is 35.5. The summed E-state index contributed by atoms with van der Waals surface area (Å²) in [4.78, 5) is 12.6. The van der Waals surface area contributed by atoms with Crippen LogP contribution >= 0.6 is 12.4 Å². The fraction of sp³-hybridized carbons (Fsp3) is 0.650. The number of hydrogen-bond donors (Lipinski definition) is 2. The lowest BCUT2D eigenvalue weighted by Gasteiger charge is -2.28. The molecule has 4 nitrogen and oxygen atoms in total. The Hall–Kier alpha value is -1.26. The van der Waals surface area contributed by atoms with Crippen LogP contribution in [0.4, 0.5) is 0 Å². The van der Waals surface area contributed by atoms with Crippen molar-refractivity contribution in [1.29, 1.82) is 0 Å². The van der Waals surface area contributed by atoms with Crippen molar-refractivity contribution in [3.63, 3.8) is 0 Å². The number of hydrogen-bond acceptors (Lipinski definition) is 3. The third-order valence-electron chi connectivity index (χ3n) is 4.68. The number of piperidine rings is 1. The van der Waals surface area contributed by atoms with E-state index in [1.54, 1.807) is 0 Å². The van der Waals surface area contributed by atoms with Crippen LogP contribution in [0, 0.1) is 11.8 Å². The molecule has 1 unspecified atom stereocenters. The lowest BCUT2D eigenvalue weighted by atomic mass is 9.83. The zero-order valence-corrected chi connectivity index (χ0v) is 16.7. The Morgan fingerprint density at radius 1 is 1.32 bits per heavy atom. The van der Waals surface area contributed by atoms with Gasteiger partial charge in [-0.2, -0.15) is 0 Å². The van der Waals surface area contributed by atoms with Crippen molar-refractivity contribution in [3.05, 3.63) is 29.8 Å². The van der Waals surface area contributed by atoms with Crippen molar-refractivity contribution < 1.29 is 9.53 Å². The topological polar surface area (TPSA) is 50.4 Å². The van der Waals surface area contributed by atoms with Crippen LogP contribution < -0.4 is 15.4 Å². The minimum Gasteiger partial charge on any atom is -0.493 e. The SMILES string of the molecule is CC(C)COc1ccc(C(C)(C)C(=O)NCC2CCCNC2)cc1.Cl. The molecule has 1 aliphatic rings. The van der Waals surface area contributed by atoms with Gasteiger partial charge in [-0.15, -0.1) is 12.4 Å². The molecule has 5 heteroatoms. The van der Waals surface area contributed by atoms with E-state index in [1.807, 2.05) is 38.1 Å². The summed E-state index contributed by atoms with van der Waals surface area (Å²) in [6, 6.07) is 7.91. The smallest absolute Gasteiger partial charge is 0.230 e. The molecule has 1 amide bonds. The number of carbonyl (C=O) groups excluding carboxylic acids is 1. The van der Waals surface area contributed by atoms with E-state index in [9.17, 15) is 4.79 Å². The Morgan fingerprint density at radius 3 is 2.56 bits per heavy atom. The van der Waals surface area contributed by atoms with Crippen LogP contribution in [-0.2, 0) is 10.2 Å². The van der Waals surface area contributed by atoms with Crippen LogP contribution in [0.5, 0.6) is 5.75 Å². The largest absolute Gasteiger partial charge is 0.493 e. The highest BCUT2D eigenvalue weighted by molar-refractivity contribution is 5.87. The minimum absolute atomic E-state index is 0. The van der Waals surface area contributed by atoms with Crippen LogP contribution in [-0.4, -0.2) is 32.1 Å². The lowest BCUT2D eigenvalue weighted by Crippen LogP contribution is -2.44. The Balaban J connectivity index is 0.00000312. The fourth-order valence-corrected chi connectivity index (χ4v) is 2.92. The van der Waals surface area contributed by atoms with Gasteiger partial charge in [-0.1, -0.05) is 26.0 Å². The van der Waals surface area contributed by atoms with Crippen molar-refractivity contribution >= 4 is 18.3 Å². The molecule has 0 aliphatic carbocycles. The molecule has 2 rings (SSSR count). The van der Waals surface area contributed by atoms with Gasteiger partial charge in [-0.3, -0.25) is 4.79 Å². The molecule has 1 aromatic rings. The summed E-state index contributed by atoms with van der Waals surface area (Å²) in [5.41, 5.74) is 0.470. The van der Waals surface area contributed by atoms with E-state index in [2.05, 4.69) is 24.5 Å². The van der Waals surface area contributed by atoms with Gasteiger partial charge in [-0.25, -0.2) is 0 Å². The molecule has 1 atom stereocenters. The van der Waals surface area contributed by atoms with Crippen LogP contribution in [0.1, 0.15) is 46.1 Å². The second kappa shape index (κ2) is 10.0. The second-order valence-corrected chi connectivity index (χ2v) is 7.78. The number of rotatable bonds is 7. The summed E-state index contributed by atoms with van der Waals surface area (Å²) < 4.78 is 5.71. The predicted octanol–water partition coefficient (Wildman–Crippen LogP) is 3.54. The molecular weight excluding hydrogens is 336 g/mol. The van der Waals surface area contributed by atoms with Gasteiger partial charge >= 0.3 is 0 Å². The summed E-state index contributed by atoms with van der Waals surface area (Å²) in [7, 11) is 0. The van der Waals surface area contributed by atoms with Gasteiger partial charge < -0.3 is 15.4 Å². The number of amides is 1. The van der Waals surface area contributed by atoms with Crippen molar-refractivity contribution in [1.82, 2.24) is 10.6 Å². The molecule has 25 heavy (non-hydrogen) atoms. The average molecular weight is 369 g/mol. The van der Waals surface area contributed by atoms with Gasteiger partial charge in [-0.05, 0) is 69.3 Å². The number of carbonyl (C=O) groups is 1. The van der Waals surface area contributed by atoms with E-state index < -0.39 is 5.41 Å².